The molecule has 1 aliphatic rings. The van der Waals surface area contributed by atoms with Gasteiger partial charge < -0.3 is 10.3 Å². The van der Waals surface area contributed by atoms with Gasteiger partial charge in [-0.05, 0) is 49.4 Å². The third-order valence-corrected chi connectivity index (χ3v) is 4.86. The number of halogens is 1. The number of nitrogens with one attached hydrogen (secondary N) is 2. The van der Waals surface area contributed by atoms with E-state index in [1.165, 1.54) is 12.1 Å². The van der Waals surface area contributed by atoms with Gasteiger partial charge in [-0.25, -0.2) is 9.37 Å². The lowest BCUT2D eigenvalue weighted by Crippen LogP contribution is -2.39. The number of aromatic nitrogens is 2. The highest BCUT2D eigenvalue weighted by molar-refractivity contribution is 5.97. The Balaban J connectivity index is 1.55. The number of H-pyrrole nitrogens is 1. The number of likely N-dealkylation sites (tertiary alicyclic amines) is 1. The molecule has 3 aromatic rings. The van der Waals surface area contributed by atoms with E-state index >= 15 is 0 Å². The lowest BCUT2D eigenvalue weighted by Gasteiger charge is -2.26. The molecule has 1 aliphatic heterocycles. The van der Waals surface area contributed by atoms with Crippen molar-refractivity contribution in [2.75, 3.05) is 13.6 Å². The molecule has 6 heteroatoms. The fourth-order valence-corrected chi connectivity index (χ4v) is 3.57. The van der Waals surface area contributed by atoms with Gasteiger partial charge in [-0.3, -0.25) is 9.69 Å². The summed E-state index contributed by atoms with van der Waals surface area (Å²) < 4.78 is 13.2. The van der Waals surface area contributed by atoms with Gasteiger partial charge in [-0.2, -0.15) is 0 Å². The van der Waals surface area contributed by atoms with Crippen LogP contribution >= 0.6 is 0 Å². The van der Waals surface area contributed by atoms with E-state index in [1.807, 2.05) is 19.2 Å². The number of fused-ring (bicyclic) bond motifs is 1. The molecule has 2 atom stereocenters. The van der Waals surface area contributed by atoms with Crippen LogP contribution < -0.4 is 5.32 Å². The van der Waals surface area contributed by atoms with Crippen LogP contribution in [0.2, 0.25) is 0 Å². The van der Waals surface area contributed by atoms with E-state index in [9.17, 15) is 9.18 Å². The molecule has 1 amide bonds. The lowest BCUT2D eigenvalue weighted by molar-refractivity contribution is 0.0928. The van der Waals surface area contributed by atoms with Gasteiger partial charge in [0.1, 0.15) is 5.82 Å². The summed E-state index contributed by atoms with van der Waals surface area (Å²) >= 11 is 0. The Bertz CT molecular complexity index is 905. The predicted molar refractivity (Wildman–Crippen MR) is 93.7 cm³/mol. The number of aromatic amines is 1. The highest BCUT2D eigenvalue weighted by Gasteiger charge is 2.34. The first kappa shape index (κ1) is 15.8. The van der Waals surface area contributed by atoms with Crippen LogP contribution in [0, 0.1) is 5.82 Å². The van der Waals surface area contributed by atoms with Crippen LogP contribution in [0.1, 0.15) is 28.4 Å². The van der Waals surface area contributed by atoms with E-state index in [0.29, 0.717) is 5.56 Å². The highest BCUT2D eigenvalue weighted by Crippen LogP contribution is 2.31. The SMILES string of the molecule is CN1CC[C@H](NC(=O)c2ccc3nc[nH]c3c2)[C@H]1c1ccc(F)cc1. The van der Waals surface area contributed by atoms with Crippen LogP contribution in [0.5, 0.6) is 0 Å². The van der Waals surface area contributed by atoms with Crippen LogP contribution in [-0.2, 0) is 0 Å². The number of amides is 1. The first-order valence-corrected chi connectivity index (χ1v) is 8.31. The third kappa shape index (κ3) is 3.00. The van der Waals surface area contributed by atoms with Gasteiger partial charge in [-0.1, -0.05) is 12.1 Å². The van der Waals surface area contributed by atoms with Crippen molar-refractivity contribution in [3.05, 3.63) is 65.7 Å². The average Bonchev–Trinajstić information content (AvgIpc) is 3.22. The van der Waals surface area contributed by atoms with E-state index in [4.69, 9.17) is 0 Å². The molecule has 1 aromatic heterocycles. The van der Waals surface area contributed by atoms with Crippen LogP contribution in [0.25, 0.3) is 11.0 Å². The van der Waals surface area contributed by atoms with Crippen molar-refractivity contribution >= 4 is 16.9 Å². The Labute approximate surface area is 144 Å². The van der Waals surface area contributed by atoms with Crippen molar-refractivity contribution < 1.29 is 9.18 Å². The molecule has 128 valence electrons. The standard InChI is InChI=1S/C19H19FN4O/c1-24-9-8-16(18(24)12-2-5-14(20)6-3-12)23-19(25)13-4-7-15-17(10-13)22-11-21-15/h2-7,10-11,16,18H,8-9H2,1H3,(H,21,22)(H,23,25)/t16-,18+/m0/s1. The van der Waals surface area contributed by atoms with Gasteiger partial charge in [0.05, 0.1) is 29.4 Å². The maximum absolute atomic E-state index is 13.2. The molecule has 25 heavy (non-hydrogen) atoms. The zero-order valence-electron chi connectivity index (χ0n) is 13.9. The fraction of sp³-hybridized carbons (Fsp3) is 0.263. The summed E-state index contributed by atoms with van der Waals surface area (Å²) in [6.45, 7) is 0.882. The minimum atomic E-state index is -0.252. The Morgan fingerprint density at radius 3 is 2.88 bits per heavy atom. The highest BCUT2D eigenvalue weighted by atomic mass is 19.1. The predicted octanol–water partition coefficient (Wildman–Crippen LogP) is 2.88. The summed E-state index contributed by atoms with van der Waals surface area (Å²) in [6.07, 6.45) is 2.47. The molecule has 2 heterocycles. The largest absolute Gasteiger partial charge is 0.347 e. The van der Waals surface area contributed by atoms with Crippen molar-refractivity contribution in [1.82, 2.24) is 20.2 Å². The minimum absolute atomic E-state index is 0.0135. The van der Waals surface area contributed by atoms with Gasteiger partial charge in [0.2, 0.25) is 0 Å². The minimum Gasteiger partial charge on any atom is -0.347 e. The second kappa shape index (κ2) is 6.29. The van der Waals surface area contributed by atoms with E-state index in [1.54, 1.807) is 24.5 Å². The van der Waals surface area contributed by atoms with Gasteiger partial charge in [0, 0.05) is 12.1 Å². The maximum Gasteiger partial charge on any atom is 0.251 e. The van der Waals surface area contributed by atoms with Gasteiger partial charge in [-0.15, -0.1) is 0 Å². The zero-order chi connectivity index (χ0) is 17.4. The van der Waals surface area contributed by atoms with Crippen molar-refractivity contribution in [1.29, 1.82) is 0 Å². The molecule has 4 rings (SSSR count). The number of nitrogens with zero attached hydrogens (tertiary/aromatic N) is 2. The molecular formula is C19H19FN4O. The normalized spacial score (nSPS) is 20.9. The molecule has 0 aliphatic carbocycles. The number of hydrogen-bond acceptors (Lipinski definition) is 3. The molecule has 0 spiro atoms. The first-order chi connectivity index (χ1) is 12.1. The molecule has 2 aromatic carbocycles. The Morgan fingerprint density at radius 1 is 1.28 bits per heavy atom. The second-order valence-corrected chi connectivity index (χ2v) is 6.48. The Morgan fingerprint density at radius 2 is 2.08 bits per heavy atom. The van der Waals surface area contributed by atoms with Crippen LogP contribution in [0.15, 0.2) is 48.8 Å². The van der Waals surface area contributed by atoms with E-state index in [0.717, 1.165) is 29.6 Å². The number of rotatable bonds is 3. The summed E-state index contributed by atoms with van der Waals surface area (Å²) in [5.41, 5.74) is 3.28. The topological polar surface area (TPSA) is 61.0 Å². The smallest absolute Gasteiger partial charge is 0.251 e. The van der Waals surface area contributed by atoms with Gasteiger partial charge in [0.25, 0.3) is 5.91 Å². The van der Waals surface area contributed by atoms with Crippen molar-refractivity contribution in [2.45, 2.75) is 18.5 Å². The van der Waals surface area contributed by atoms with Crippen molar-refractivity contribution in [2.24, 2.45) is 0 Å². The Kier molecular flexibility index (Phi) is 3.97. The molecule has 1 fully saturated rings. The molecule has 0 unspecified atom stereocenters. The second-order valence-electron chi connectivity index (χ2n) is 6.48. The van der Waals surface area contributed by atoms with E-state index in [2.05, 4.69) is 20.2 Å². The molecule has 5 nitrogen and oxygen atoms in total. The fourth-order valence-electron chi connectivity index (χ4n) is 3.57. The molecule has 0 bridgehead atoms. The summed E-state index contributed by atoms with van der Waals surface area (Å²) in [5, 5.41) is 3.14. The summed E-state index contributed by atoms with van der Waals surface area (Å²) in [6, 6.07) is 12.0. The summed E-state index contributed by atoms with van der Waals surface area (Å²) in [5.74, 6) is -0.359. The van der Waals surface area contributed by atoms with Crippen molar-refractivity contribution in [3.8, 4) is 0 Å². The molecule has 1 saturated heterocycles. The third-order valence-electron chi connectivity index (χ3n) is 4.86. The number of benzene rings is 2. The van der Waals surface area contributed by atoms with E-state index in [-0.39, 0.29) is 23.8 Å². The quantitative estimate of drug-likeness (QED) is 0.772. The number of carbonyl (C=O) groups excluding carboxylic acids is 1. The zero-order valence-corrected chi connectivity index (χ0v) is 13.9. The number of hydrogen-bond donors (Lipinski definition) is 2. The molecular weight excluding hydrogens is 319 g/mol. The first-order valence-electron chi connectivity index (χ1n) is 8.31. The average molecular weight is 338 g/mol. The lowest BCUT2D eigenvalue weighted by atomic mass is 9.99. The number of carbonyl (C=O) groups is 1. The van der Waals surface area contributed by atoms with E-state index < -0.39 is 0 Å². The van der Waals surface area contributed by atoms with Crippen molar-refractivity contribution in [3.63, 3.8) is 0 Å². The molecule has 2 N–H and O–H groups in total. The van der Waals surface area contributed by atoms with Gasteiger partial charge >= 0.3 is 0 Å². The summed E-state index contributed by atoms with van der Waals surface area (Å²) in [7, 11) is 2.02. The van der Waals surface area contributed by atoms with Gasteiger partial charge in [0.15, 0.2) is 0 Å². The summed E-state index contributed by atoms with van der Waals surface area (Å²) in [4.78, 5) is 22.1. The van der Waals surface area contributed by atoms with Crippen LogP contribution in [0.3, 0.4) is 0 Å². The Hall–Kier alpha value is -2.73. The maximum atomic E-state index is 13.2. The van der Waals surface area contributed by atoms with Crippen LogP contribution in [-0.4, -0.2) is 40.4 Å². The molecule has 0 radical (unpaired) electrons. The molecule has 0 saturated carbocycles. The number of imidazole rings is 1. The monoisotopic (exact) mass is 338 g/mol. The number of likely N-dealkylation sites (N-methyl/N-ethyl adjacent to an activating group) is 1. The van der Waals surface area contributed by atoms with Crippen LogP contribution in [0.4, 0.5) is 4.39 Å².